The van der Waals surface area contributed by atoms with Crippen LogP contribution in [-0.4, -0.2) is 36.5 Å². The standard InChI is InChI=1S/C5H5N7O/c6-3(13)2-1-7-4(8-2)5-9-11-12-10-5/h1H,(H2,6,13)(H,7,8)(H,9,10,11,12). The van der Waals surface area contributed by atoms with Crippen LogP contribution >= 0.6 is 0 Å². The van der Waals surface area contributed by atoms with Crippen molar-refractivity contribution >= 4 is 5.91 Å². The van der Waals surface area contributed by atoms with Gasteiger partial charge < -0.3 is 10.7 Å². The molecular formula is C5H5N7O. The molecule has 8 heteroatoms. The van der Waals surface area contributed by atoms with E-state index >= 15 is 0 Å². The molecular weight excluding hydrogens is 174 g/mol. The Hall–Kier alpha value is -2.25. The molecule has 0 aliphatic heterocycles. The molecule has 2 aromatic rings. The summed E-state index contributed by atoms with van der Waals surface area (Å²) in [5.74, 6) is 0.0531. The van der Waals surface area contributed by atoms with Crippen LogP contribution < -0.4 is 5.73 Å². The summed E-state index contributed by atoms with van der Waals surface area (Å²) < 4.78 is 0. The Kier molecular flexibility index (Phi) is 1.51. The Morgan fingerprint density at radius 1 is 1.54 bits per heavy atom. The summed E-state index contributed by atoms with van der Waals surface area (Å²) in [6.07, 6.45) is 1.31. The number of H-pyrrole nitrogens is 2. The number of rotatable bonds is 2. The predicted molar refractivity (Wildman–Crippen MR) is 40.3 cm³/mol. The summed E-state index contributed by atoms with van der Waals surface area (Å²) >= 11 is 0. The molecule has 0 aliphatic carbocycles. The lowest BCUT2D eigenvalue weighted by atomic mass is 10.5. The maximum atomic E-state index is 10.7. The molecule has 0 unspecified atom stereocenters. The number of tetrazole rings is 1. The molecule has 0 saturated heterocycles. The zero-order chi connectivity index (χ0) is 9.26. The van der Waals surface area contributed by atoms with E-state index in [9.17, 15) is 4.79 Å². The third-order valence-corrected chi connectivity index (χ3v) is 1.40. The Morgan fingerprint density at radius 3 is 2.92 bits per heavy atom. The molecule has 0 radical (unpaired) electrons. The number of nitrogens with two attached hydrogens (primary N) is 1. The molecule has 0 aliphatic rings. The smallest absolute Gasteiger partial charge is 0.266 e. The average molecular weight is 179 g/mol. The molecule has 0 aromatic carbocycles. The highest BCUT2D eigenvalue weighted by molar-refractivity contribution is 5.91. The van der Waals surface area contributed by atoms with Crippen molar-refractivity contribution in [2.24, 2.45) is 5.73 Å². The van der Waals surface area contributed by atoms with Crippen LogP contribution in [0.2, 0.25) is 0 Å². The SMILES string of the molecule is NC(=O)c1cnc(-c2nn[nH]n2)[nH]1. The summed E-state index contributed by atoms with van der Waals surface area (Å²) in [7, 11) is 0. The van der Waals surface area contributed by atoms with Crippen molar-refractivity contribution in [1.82, 2.24) is 30.6 Å². The van der Waals surface area contributed by atoms with Gasteiger partial charge in [-0.1, -0.05) is 0 Å². The Bertz CT molecular complexity index is 416. The fraction of sp³-hybridized carbons (Fsp3) is 0. The maximum absolute atomic E-state index is 10.7. The highest BCUT2D eigenvalue weighted by Crippen LogP contribution is 2.06. The molecule has 66 valence electrons. The van der Waals surface area contributed by atoms with Gasteiger partial charge in [-0.25, -0.2) is 4.98 Å². The molecule has 0 bridgehead atoms. The minimum Gasteiger partial charge on any atom is -0.364 e. The van der Waals surface area contributed by atoms with E-state index in [0.717, 1.165) is 0 Å². The average Bonchev–Trinajstić information content (AvgIpc) is 2.75. The first-order valence-corrected chi connectivity index (χ1v) is 3.36. The first kappa shape index (κ1) is 7.40. The van der Waals surface area contributed by atoms with Gasteiger partial charge in [-0.15, -0.1) is 10.2 Å². The second kappa shape index (κ2) is 2.66. The van der Waals surface area contributed by atoms with Crippen LogP contribution in [0.15, 0.2) is 6.20 Å². The first-order valence-electron chi connectivity index (χ1n) is 3.36. The van der Waals surface area contributed by atoms with Crippen LogP contribution in [0.1, 0.15) is 10.5 Å². The van der Waals surface area contributed by atoms with E-state index in [1.54, 1.807) is 0 Å². The summed E-state index contributed by atoms with van der Waals surface area (Å²) in [5.41, 5.74) is 5.21. The summed E-state index contributed by atoms with van der Waals surface area (Å²) in [6.45, 7) is 0. The van der Waals surface area contributed by atoms with Crippen molar-refractivity contribution in [3.05, 3.63) is 11.9 Å². The third kappa shape index (κ3) is 1.24. The van der Waals surface area contributed by atoms with E-state index in [1.807, 2.05) is 0 Å². The molecule has 4 N–H and O–H groups in total. The number of aromatic nitrogens is 6. The first-order chi connectivity index (χ1) is 6.27. The van der Waals surface area contributed by atoms with Gasteiger partial charge >= 0.3 is 0 Å². The molecule has 0 fully saturated rings. The van der Waals surface area contributed by atoms with Crippen molar-refractivity contribution in [2.45, 2.75) is 0 Å². The van der Waals surface area contributed by atoms with E-state index in [1.165, 1.54) is 6.20 Å². The molecule has 13 heavy (non-hydrogen) atoms. The van der Waals surface area contributed by atoms with Crippen LogP contribution in [0.3, 0.4) is 0 Å². The second-order valence-corrected chi connectivity index (χ2v) is 2.25. The minimum atomic E-state index is -0.581. The van der Waals surface area contributed by atoms with Crippen molar-refractivity contribution < 1.29 is 4.79 Å². The quantitative estimate of drug-likeness (QED) is 0.527. The summed E-state index contributed by atoms with van der Waals surface area (Å²) in [4.78, 5) is 17.2. The largest absolute Gasteiger partial charge is 0.364 e. The zero-order valence-corrected chi connectivity index (χ0v) is 6.35. The van der Waals surface area contributed by atoms with Gasteiger partial charge in [0.15, 0.2) is 5.82 Å². The Balaban J connectivity index is 2.39. The number of nitrogens with zero attached hydrogens (tertiary/aromatic N) is 4. The molecule has 2 rings (SSSR count). The van der Waals surface area contributed by atoms with Gasteiger partial charge in [0.1, 0.15) is 5.69 Å². The molecule has 0 spiro atoms. The Morgan fingerprint density at radius 2 is 2.38 bits per heavy atom. The van der Waals surface area contributed by atoms with Crippen molar-refractivity contribution in [1.29, 1.82) is 0 Å². The van der Waals surface area contributed by atoms with E-state index < -0.39 is 5.91 Å². The predicted octanol–water partition coefficient (Wildman–Crippen LogP) is -1.31. The fourth-order valence-corrected chi connectivity index (χ4v) is 0.822. The summed E-state index contributed by atoms with van der Waals surface area (Å²) in [6, 6.07) is 0. The lowest BCUT2D eigenvalue weighted by Gasteiger charge is -1.85. The van der Waals surface area contributed by atoms with Crippen LogP contribution in [0.25, 0.3) is 11.6 Å². The fourth-order valence-electron chi connectivity index (χ4n) is 0.822. The van der Waals surface area contributed by atoms with Gasteiger partial charge in [-0.3, -0.25) is 4.79 Å². The number of nitrogens with one attached hydrogen (secondary N) is 2. The molecule has 0 atom stereocenters. The number of carbonyl (C=O) groups is 1. The van der Waals surface area contributed by atoms with Crippen LogP contribution in [0, 0.1) is 0 Å². The second-order valence-electron chi connectivity index (χ2n) is 2.25. The van der Waals surface area contributed by atoms with Crippen molar-refractivity contribution in [3.8, 4) is 11.6 Å². The number of imidazole rings is 1. The topological polar surface area (TPSA) is 126 Å². The lowest BCUT2D eigenvalue weighted by molar-refractivity contribution is 0.0996. The molecule has 8 nitrogen and oxygen atoms in total. The molecule has 2 heterocycles. The number of hydrogen-bond donors (Lipinski definition) is 3. The highest BCUT2D eigenvalue weighted by atomic mass is 16.1. The van der Waals surface area contributed by atoms with E-state index in [4.69, 9.17) is 5.73 Å². The van der Waals surface area contributed by atoms with Gasteiger partial charge in [-0.05, 0) is 5.21 Å². The number of primary amides is 1. The number of hydrogen-bond acceptors (Lipinski definition) is 5. The number of aromatic amines is 2. The third-order valence-electron chi connectivity index (χ3n) is 1.40. The van der Waals surface area contributed by atoms with Crippen molar-refractivity contribution in [3.63, 3.8) is 0 Å². The normalized spacial score (nSPS) is 10.2. The van der Waals surface area contributed by atoms with Crippen LogP contribution in [0.5, 0.6) is 0 Å². The van der Waals surface area contributed by atoms with Gasteiger partial charge in [0.25, 0.3) is 5.91 Å². The summed E-state index contributed by atoms with van der Waals surface area (Å²) in [5, 5.41) is 12.9. The van der Waals surface area contributed by atoms with E-state index in [2.05, 4.69) is 30.6 Å². The number of carbonyl (C=O) groups excluding carboxylic acids is 1. The Labute approximate surface area is 71.6 Å². The molecule has 0 saturated carbocycles. The maximum Gasteiger partial charge on any atom is 0.266 e. The lowest BCUT2D eigenvalue weighted by Crippen LogP contribution is -2.11. The van der Waals surface area contributed by atoms with Crippen molar-refractivity contribution in [2.75, 3.05) is 0 Å². The molecule has 2 aromatic heterocycles. The highest BCUT2D eigenvalue weighted by Gasteiger charge is 2.09. The zero-order valence-electron chi connectivity index (χ0n) is 6.35. The van der Waals surface area contributed by atoms with E-state index in [0.29, 0.717) is 5.82 Å². The van der Waals surface area contributed by atoms with Gasteiger partial charge in [0.2, 0.25) is 5.82 Å². The van der Waals surface area contributed by atoms with Gasteiger partial charge in [-0.2, -0.15) is 5.21 Å². The number of amides is 1. The minimum absolute atomic E-state index is 0.208. The van der Waals surface area contributed by atoms with Crippen LogP contribution in [-0.2, 0) is 0 Å². The van der Waals surface area contributed by atoms with Crippen LogP contribution in [0.4, 0.5) is 0 Å². The van der Waals surface area contributed by atoms with Gasteiger partial charge in [0, 0.05) is 0 Å². The van der Waals surface area contributed by atoms with Gasteiger partial charge in [0.05, 0.1) is 6.20 Å². The van der Waals surface area contributed by atoms with E-state index in [-0.39, 0.29) is 11.5 Å². The monoisotopic (exact) mass is 179 g/mol. The molecule has 1 amide bonds.